The van der Waals surface area contributed by atoms with E-state index in [1.165, 1.54) is 5.56 Å². The van der Waals surface area contributed by atoms with E-state index in [0.717, 1.165) is 10.0 Å². The minimum absolute atomic E-state index is 0.162. The Morgan fingerprint density at radius 1 is 1.07 bits per heavy atom. The largest absolute Gasteiger partial charge is 0.207 e. The summed E-state index contributed by atoms with van der Waals surface area (Å²) >= 11 is 3.43. The first-order valence-electron chi connectivity index (χ1n) is 4.92. The van der Waals surface area contributed by atoms with Gasteiger partial charge < -0.3 is 0 Å². The zero-order valence-corrected chi connectivity index (χ0v) is 10.7. The standard InChI is InChI=1S/C12H16BrF/c1-7(2)10-5-9(14)6-11(13)12(10)8(3)4/h5-8H,1-4H3. The normalized spacial score (nSPS) is 11.4. The van der Waals surface area contributed by atoms with Crippen LogP contribution in [-0.4, -0.2) is 0 Å². The lowest BCUT2D eigenvalue weighted by atomic mass is 9.91. The fourth-order valence-electron chi connectivity index (χ4n) is 1.69. The molecule has 0 radical (unpaired) electrons. The summed E-state index contributed by atoms with van der Waals surface area (Å²) < 4.78 is 14.1. The van der Waals surface area contributed by atoms with Crippen molar-refractivity contribution in [3.05, 3.63) is 33.5 Å². The third kappa shape index (κ3) is 2.35. The van der Waals surface area contributed by atoms with E-state index in [0.29, 0.717) is 11.8 Å². The van der Waals surface area contributed by atoms with Gasteiger partial charge in [0, 0.05) is 4.47 Å². The van der Waals surface area contributed by atoms with E-state index in [-0.39, 0.29) is 5.82 Å². The maximum absolute atomic E-state index is 13.2. The maximum atomic E-state index is 13.2. The Labute approximate surface area is 93.7 Å². The summed E-state index contributed by atoms with van der Waals surface area (Å²) in [5, 5.41) is 0. The lowest BCUT2D eigenvalue weighted by Gasteiger charge is -2.17. The van der Waals surface area contributed by atoms with E-state index < -0.39 is 0 Å². The fourth-order valence-corrected chi connectivity index (χ4v) is 2.60. The maximum Gasteiger partial charge on any atom is 0.124 e. The highest BCUT2D eigenvalue weighted by molar-refractivity contribution is 9.10. The molecule has 2 heteroatoms. The Morgan fingerprint density at radius 2 is 1.64 bits per heavy atom. The smallest absolute Gasteiger partial charge is 0.124 e. The molecule has 78 valence electrons. The summed E-state index contributed by atoms with van der Waals surface area (Å²) in [6.45, 7) is 8.44. The van der Waals surface area contributed by atoms with Crippen molar-refractivity contribution in [1.82, 2.24) is 0 Å². The van der Waals surface area contributed by atoms with Crippen molar-refractivity contribution in [2.75, 3.05) is 0 Å². The van der Waals surface area contributed by atoms with Crippen molar-refractivity contribution in [1.29, 1.82) is 0 Å². The molecule has 0 fully saturated rings. The summed E-state index contributed by atoms with van der Waals surface area (Å²) in [4.78, 5) is 0. The molecule has 0 spiro atoms. The third-order valence-electron chi connectivity index (χ3n) is 2.33. The second kappa shape index (κ2) is 4.43. The molecule has 0 bridgehead atoms. The highest BCUT2D eigenvalue weighted by Crippen LogP contribution is 2.33. The number of hydrogen-bond donors (Lipinski definition) is 0. The second-order valence-electron chi connectivity index (χ2n) is 4.20. The molecule has 1 aromatic carbocycles. The molecular weight excluding hydrogens is 243 g/mol. The number of benzene rings is 1. The lowest BCUT2D eigenvalue weighted by Crippen LogP contribution is -2.01. The van der Waals surface area contributed by atoms with E-state index >= 15 is 0 Å². The van der Waals surface area contributed by atoms with Crippen LogP contribution in [0.15, 0.2) is 16.6 Å². The van der Waals surface area contributed by atoms with Crippen LogP contribution in [0.2, 0.25) is 0 Å². The molecule has 0 aliphatic heterocycles. The van der Waals surface area contributed by atoms with Gasteiger partial charge in [-0.05, 0) is 35.1 Å². The predicted octanol–water partition coefficient (Wildman–Crippen LogP) is 4.84. The van der Waals surface area contributed by atoms with Crippen molar-refractivity contribution >= 4 is 15.9 Å². The van der Waals surface area contributed by atoms with Crippen LogP contribution < -0.4 is 0 Å². The lowest BCUT2D eigenvalue weighted by molar-refractivity contribution is 0.618. The summed E-state index contributed by atoms with van der Waals surface area (Å²) in [7, 11) is 0. The summed E-state index contributed by atoms with van der Waals surface area (Å²) in [5.74, 6) is 0.617. The topological polar surface area (TPSA) is 0 Å². The molecule has 14 heavy (non-hydrogen) atoms. The van der Waals surface area contributed by atoms with Gasteiger partial charge in [0.05, 0.1) is 0 Å². The van der Waals surface area contributed by atoms with Gasteiger partial charge in [-0.2, -0.15) is 0 Å². The highest BCUT2D eigenvalue weighted by Gasteiger charge is 2.14. The van der Waals surface area contributed by atoms with Gasteiger partial charge in [0.25, 0.3) is 0 Å². The van der Waals surface area contributed by atoms with Gasteiger partial charge in [-0.3, -0.25) is 0 Å². The van der Waals surface area contributed by atoms with E-state index in [1.807, 2.05) is 0 Å². The molecule has 0 N–H and O–H groups in total. The Morgan fingerprint density at radius 3 is 2.07 bits per heavy atom. The van der Waals surface area contributed by atoms with Crippen LogP contribution in [0.5, 0.6) is 0 Å². The minimum Gasteiger partial charge on any atom is -0.207 e. The number of hydrogen-bond acceptors (Lipinski definition) is 0. The van der Waals surface area contributed by atoms with Crippen molar-refractivity contribution in [2.24, 2.45) is 0 Å². The molecule has 1 rings (SSSR count). The summed E-state index contributed by atoms with van der Waals surface area (Å²) in [6, 6.07) is 3.19. The average Bonchev–Trinajstić information content (AvgIpc) is 2.01. The van der Waals surface area contributed by atoms with E-state index in [1.54, 1.807) is 12.1 Å². The van der Waals surface area contributed by atoms with Crippen molar-refractivity contribution in [2.45, 2.75) is 39.5 Å². The van der Waals surface area contributed by atoms with E-state index in [2.05, 4.69) is 43.6 Å². The first-order valence-corrected chi connectivity index (χ1v) is 5.71. The first kappa shape index (κ1) is 11.7. The van der Waals surface area contributed by atoms with Crippen molar-refractivity contribution in [3.63, 3.8) is 0 Å². The third-order valence-corrected chi connectivity index (χ3v) is 2.98. The van der Waals surface area contributed by atoms with Crippen molar-refractivity contribution < 1.29 is 4.39 Å². The Balaban J connectivity index is 3.37. The molecule has 0 heterocycles. The molecule has 0 aromatic heterocycles. The zero-order valence-electron chi connectivity index (χ0n) is 9.07. The quantitative estimate of drug-likeness (QED) is 0.713. The van der Waals surface area contributed by atoms with Crippen LogP contribution in [0.25, 0.3) is 0 Å². The van der Waals surface area contributed by atoms with E-state index in [4.69, 9.17) is 0 Å². The van der Waals surface area contributed by atoms with Crippen LogP contribution in [0.4, 0.5) is 4.39 Å². The van der Waals surface area contributed by atoms with Crippen LogP contribution in [0, 0.1) is 5.82 Å². The predicted molar refractivity (Wildman–Crippen MR) is 62.3 cm³/mol. The SMILES string of the molecule is CC(C)c1cc(F)cc(Br)c1C(C)C. The number of rotatable bonds is 2. The zero-order chi connectivity index (χ0) is 10.9. The van der Waals surface area contributed by atoms with Gasteiger partial charge >= 0.3 is 0 Å². The molecule has 0 nitrogen and oxygen atoms in total. The van der Waals surface area contributed by atoms with Gasteiger partial charge in [-0.25, -0.2) is 4.39 Å². The molecule has 1 aromatic rings. The van der Waals surface area contributed by atoms with Gasteiger partial charge in [0.2, 0.25) is 0 Å². The Hall–Kier alpha value is -0.370. The van der Waals surface area contributed by atoms with Gasteiger partial charge in [-0.15, -0.1) is 0 Å². The van der Waals surface area contributed by atoms with Crippen LogP contribution in [-0.2, 0) is 0 Å². The molecule has 0 unspecified atom stereocenters. The first-order chi connectivity index (χ1) is 6.43. The number of halogens is 2. The van der Waals surface area contributed by atoms with Gasteiger partial charge in [-0.1, -0.05) is 43.6 Å². The molecule has 0 saturated heterocycles. The molecular formula is C12H16BrF. The fraction of sp³-hybridized carbons (Fsp3) is 0.500. The van der Waals surface area contributed by atoms with Gasteiger partial charge in [0.15, 0.2) is 0 Å². The molecule has 0 atom stereocenters. The molecule has 0 saturated carbocycles. The molecule has 0 aliphatic carbocycles. The van der Waals surface area contributed by atoms with Crippen LogP contribution >= 0.6 is 15.9 Å². The van der Waals surface area contributed by atoms with Crippen LogP contribution in [0.3, 0.4) is 0 Å². The monoisotopic (exact) mass is 258 g/mol. The molecule has 0 aliphatic rings. The van der Waals surface area contributed by atoms with Crippen LogP contribution in [0.1, 0.15) is 50.7 Å². The second-order valence-corrected chi connectivity index (χ2v) is 5.05. The average molecular weight is 259 g/mol. The highest BCUT2D eigenvalue weighted by atomic mass is 79.9. The van der Waals surface area contributed by atoms with Gasteiger partial charge in [0.1, 0.15) is 5.82 Å². The Bertz CT molecular complexity index is 329. The summed E-state index contributed by atoms with van der Waals surface area (Å²) in [6.07, 6.45) is 0. The molecule has 0 amide bonds. The Kier molecular flexibility index (Phi) is 3.71. The minimum atomic E-state index is -0.162. The van der Waals surface area contributed by atoms with E-state index in [9.17, 15) is 4.39 Å². The van der Waals surface area contributed by atoms with Crippen molar-refractivity contribution in [3.8, 4) is 0 Å². The summed E-state index contributed by atoms with van der Waals surface area (Å²) in [5.41, 5.74) is 2.33.